The molecule has 0 saturated heterocycles. The van der Waals surface area contributed by atoms with Gasteiger partial charge < -0.3 is 32.0 Å². The van der Waals surface area contributed by atoms with Crippen molar-refractivity contribution in [3.05, 3.63) is 18.2 Å². The molecule has 0 aliphatic carbocycles. The molecule has 3 amide bonds. The van der Waals surface area contributed by atoms with Gasteiger partial charge in [0.1, 0.15) is 11.8 Å². The lowest BCUT2D eigenvalue weighted by Gasteiger charge is -2.28. The van der Waals surface area contributed by atoms with Gasteiger partial charge in [-0.25, -0.2) is 4.98 Å². The average Bonchev–Trinajstić information content (AvgIpc) is 3.18. The molecule has 0 saturated carbocycles. The van der Waals surface area contributed by atoms with Crippen LogP contribution < -0.4 is 22.1 Å². The van der Waals surface area contributed by atoms with Crippen LogP contribution in [0.25, 0.3) is 0 Å². The molecule has 1 heterocycles. The fourth-order valence-electron chi connectivity index (χ4n) is 3.14. The van der Waals surface area contributed by atoms with Crippen molar-refractivity contribution in [2.24, 2.45) is 29.2 Å². The minimum atomic E-state index is -3.98. The van der Waals surface area contributed by atoms with Gasteiger partial charge in [0.15, 0.2) is 0 Å². The lowest BCUT2D eigenvalue weighted by molar-refractivity contribution is -0.129. The first-order valence-electron chi connectivity index (χ1n) is 10.7. The van der Waals surface area contributed by atoms with E-state index in [9.17, 15) is 23.8 Å². The summed E-state index contributed by atoms with van der Waals surface area (Å²) in [6.07, 6.45) is 3.04. The lowest BCUT2D eigenvalue weighted by Crippen LogP contribution is -2.49. The van der Waals surface area contributed by atoms with Crippen LogP contribution in [0.3, 0.4) is 0 Å². The topological polar surface area (TPSA) is 193 Å². The molecule has 12 heteroatoms. The second kappa shape index (κ2) is 12.1. The van der Waals surface area contributed by atoms with Crippen LogP contribution >= 0.6 is 7.37 Å². The van der Waals surface area contributed by atoms with Crippen LogP contribution in [0.5, 0.6) is 0 Å². The van der Waals surface area contributed by atoms with Crippen LogP contribution in [0, 0.1) is 17.8 Å². The van der Waals surface area contributed by atoms with Crippen LogP contribution in [-0.4, -0.2) is 56.6 Å². The van der Waals surface area contributed by atoms with Gasteiger partial charge in [-0.1, -0.05) is 27.7 Å². The van der Waals surface area contributed by atoms with Crippen molar-refractivity contribution in [1.29, 1.82) is 0 Å². The van der Waals surface area contributed by atoms with Gasteiger partial charge >= 0.3 is 0 Å². The number of carbonyl (C=O) groups excluding carboxylic acids is 3. The largest absolute Gasteiger partial charge is 0.368 e. The standard InChI is InChI=1S/C20H37N6O5P/c1-11(2)6-14(9-32(30,31)13(5)25-20(29)17(21)12(3)4)19(28)26-16(18(22)27)7-15-8-23-10-24-15/h8,10-14,16-17H,6-7,9,21H2,1-5H3,(H2,22,27)(H,23,24)(H,25,29)(H,26,28)(H,30,31)/t13?,14?,16-,17-/m0/s1. The molecule has 1 aromatic heterocycles. The van der Waals surface area contributed by atoms with E-state index < -0.39 is 48.9 Å². The summed E-state index contributed by atoms with van der Waals surface area (Å²) in [4.78, 5) is 54.4. The van der Waals surface area contributed by atoms with Gasteiger partial charge in [-0.15, -0.1) is 0 Å². The van der Waals surface area contributed by atoms with E-state index in [4.69, 9.17) is 11.5 Å². The second-order valence-corrected chi connectivity index (χ2v) is 11.6. The van der Waals surface area contributed by atoms with E-state index >= 15 is 0 Å². The molecule has 0 fully saturated rings. The Kier molecular flexibility index (Phi) is 10.5. The predicted molar refractivity (Wildman–Crippen MR) is 121 cm³/mol. The smallest absolute Gasteiger partial charge is 0.240 e. The van der Waals surface area contributed by atoms with E-state index in [1.54, 1.807) is 13.8 Å². The van der Waals surface area contributed by atoms with Gasteiger partial charge in [-0.05, 0) is 25.2 Å². The van der Waals surface area contributed by atoms with Gasteiger partial charge in [0.25, 0.3) is 0 Å². The van der Waals surface area contributed by atoms with Crippen LogP contribution in [-0.2, 0) is 25.4 Å². The summed E-state index contributed by atoms with van der Waals surface area (Å²) in [6.45, 7) is 8.72. The molecule has 0 bridgehead atoms. The zero-order chi connectivity index (χ0) is 24.6. The third-order valence-electron chi connectivity index (χ3n) is 5.22. The quantitative estimate of drug-likeness (QED) is 0.222. The Balaban J connectivity index is 2.93. The predicted octanol–water partition coefficient (Wildman–Crippen LogP) is 0.301. The number of nitrogens with one attached hydrogen (secondary N) is 3. The van der Waals surface area contributed by atoms with Gasteiger partial charge in [0.05, 0.1) is 12.4 Å². The fourth-order valence-corrected chi connectivity index (χ4v) is 4.73. The summed E-state index contributed by atoms with van der Waals surface area (Å²) in [5.41, 5.74) is 11.9. The zero-order valence-corrected chi connectivity index (χ0v) is 20.3. The zero-order valence-electron chi connectivity index (χ0n) is 19.4. The molecule has 0 spiro atoms. The number of rotatable bonds is 13. The van der Waals surface area contributed by atoms with Crippen molar-refractivity contribution in [2.45, 2.75) is 65.3 Å². The summed E-state index contributed by atoms with van der Waals surface area (Å²) in [6, 6.07) is -1.82. The van der Waals surface area contributed by atoms with Crippen LogP contribution in [0.1, 0.15) is 46.7 Å². The summed E-state index contributed by atoms with van der Waals surface area (Å²) >= 11 is 0. The van der Waals surface area contributed by atoms with Crippen molar-refractivity contribution in [1.82, 2.24) is 20.6 Å². The van der Waals surface area contributed by atoms with Gasteiger partial charge in [-0.2, -0.15) is 0 Å². The number of nitrogens with zero attached hydrogens (tertiary/aromatic N) is 1. The average molecular weight is 473 g/mol. The first-order valence-corrected chi connectivity index (χ1v) is 12.6. The lowest BCUT2D eigenvalue weighted by atomic mass is 9.97. The number of aromatic amines is 1. The van der Waals surface area contributed by atoms with E-state index in [0.29, 0.717) is 12.1 Å². The SMILES string of the molecule is CC(C)CC(CP(=O)(O)C(C)NC(=O)[C@@H](N)C(C)C)C(=O)N[C@@H](Cc1cnc[nH]1)C(N)=O. The van der Waals surface area contributed by atoms with E-state index in [1.807, 2.05) is 13.8 Å². The number of hydrogen-bond donors (Lipinski definition) is 6. The van der Waals surface area contributed by atoms with Gasteiger partial charge in [-0.3, -0.25) is 18.9 Å². The molecule has 0 aliphatic heterocycles. The summed E-state index contributed by atoms with van der Waals surface area (Å²) in [5, 5.41) is 5.09. The number of nitrogens with two attached hydrogens (primary N) is 2. The minimum Gasteiger partial charge on any atom is -0.368 e. The molecule has 11 nitrogen and oxygen atoms in total. The first kappa shape index (κ1) is 27.8. The Morgan fingerprint density at radius 3 is 2.25 bits per heavy atom. The van der Waals surface area contributed by atoms with Crippen molar-refractivity contribution in [3.8, 4) is 0 Å². The van der Waals surface area contributed by atoms with Crippen LogP contribution in [0.4, 0.5) is 0 Å². The van der Waals surface area contributed by atoms with E-state index in [2.05, 4.69) is 20.6 Å². The first-order chi connectivity index (χ1) is 14.7. The fraction of sp³-hybridized carbons (Fsp3) is 0.700. The maximum absolute atomic E-state index is 13.0. The number of aromatic nitrogens is 2. The molecule has 182 valence electrons. The van der Waals surface area contributed by atoms with Crippen molar-refractivity contribution in [3.63, 3.8) is 0 Å². The molecule has 0 aromatic carbocycles. The third-order valence-corrected chi connectivity index (χ3v) is 7.53. The highest BCUT2D eigenvalue weighted by molar-refractivity contribution is 7.58. The number of carbonyl (C=O) groups is 3. The number of hydrogen-bond acceptors (Lipinski definition) is 6. The maximum Gasteiger partial charge on any atom is 0.240 e. The summed E-state index contributed by atoms with van der Waals surface area (Å²) in [7, 11) is -3.98. The molecule has 0 radical (unpaired) electrons. The summed E-state index contributed by atoms with van der Waals surface area (Å²) in [5.74, 6) is -3.84. The minimum absolute atomic E-state index is 0.0460. The Bertz CT molecular complexity index is 813. The van der Waals surface area contributed by atoms with Crippen molar-refractivity contribution < 1.29 is 23.8 Å². The van der Waals surface area contributed by atoms with E-state index in [-0.39, 0.29) is 24.4 Å². The Morgan fingerprint density at radius 1 is 1.16 bits per heavy atom. The molecule has 32 heavy (non-hydrogen) atoms. The molecular formula is C20H37N6O5P. The second-order valence-electron chi connectivity index (χ2n) is 8.96. The summed E-state index contributed by atoms with van der Waals surface area (Å²) < 4.78 is 13.0. The third kappa shape index (κ3) is 8.72. The van der Waals surface area contributed by atoms with Crippen molar-refractivity contribution in [2.75, 3.05) is 6.16 Å². The molecule has 3 unspecified atom stereocenters. The number of imidazole rings is 1. The normalized spacial score (nSPS) is 17.3. The Hall–Kier alpha value is -2.23. The monoisotopic (exact) mass is 472 g/mol. The Labute approximate surface area is 188 Å². The van der Waals surface area contributed by atoms with Crippen molar-refractivity contribution >= 4 is 25.1 Å². The molecule has 1 rings (SSSR count). The van der Waals surface area contributed by atoms with E-state index in [1.165, 1.54) is 19.4 Å². The molecule has 8 N–H and O–H groups in total. The van der Waals surface area contributed by atoms with E-state index in [0.717, 1.165) is 0 Å². The number of amides is 3. The van der Waals surface area contributed by atoms with Crippen LogP contribution in [0.15, 0.2) is 12.5 Å². The molecular weight excluding hydrogens is 435 g/mol. The van der Waals surface area contributed by atoms with Crippen LogP contribution in [0.2, 0.25) is 0 Å². The molecule has 5 atom stereocenters. The number of primary amides is 1. The van der Waals surface area contributed by atoms with Gasteiger partial charge in [0, 0.05) is 30.4 Å². The highest BCUT2D eigenvalue weighted by atomic mass is 31.2. The molecule has 1 aromatic rings. The molecule has 0 aliphatic rings. The Morgan fingerprint density at radius 2 is 1.78 bits per heavy atom. The number of H-pyrrole nitrogens is 1. The highest BCUT2D eigenvalue weighted by Gasteiger charge is 2.36. The highest BCUT2D eigenvalue weighted by Crippen LogP contribution is 2.47. The van der Waals surface area contributed by atoms with Gasteiger partial charge in [0.2, 0.25) is 25.1 Å². The maximum atomic E-state index is 13.0.